The smallest absolute Gasteiger partial charge is 0.0518 e. The van der Waals surface area contributed by atoms with Crippen LogP contribution in [0.4, 0.5) is 0 Å². The lowest BCUT2D eigenvalue weighted by atomic mass is 10.00. The zero-order chi connectivity index (χ0) is 10.7. The highest BCUT2D eigenvalue weighted by molar-refractivity contribution is 4.99. The molecule has 0 aliphatic heterocycles. The van der Waals surface area contributed by atoms with Crippen LogP contribution in [0.25, 0.3) is 0 Å². The van der Waals surface area contributed by atoms with Gasteiger partial charge in [-0.2, -0.15) is 5.10 Å². The van der Waals surface area contributed by atoms with Crippen LogP contribution in [-0.4, -0.2) is 15.8 Å². The standard InChI is InChI=1S/C12H21N3/c1-10(11-5-3-4-6-11)13-9-12-7-8-14-15(12)2/h7-8,10-11,13H,3-6,9H2,1-2H3/t10-/m1/s1. The van der Waals surface area contributed by atoms with E-state index in [1.807, 2.05) is 17.9 Å². The van der Waals surface area contributed by atoms with Crippen molar-refractivity contribution in [1.82, 2.24) is 15.1 Å². The van der Waals surface area contributed by atoms with E-state index in [2.05, 4.69) is 23.4 Å². The van der Waals surface area contributed by atoms with Crippen molar-refractivity contribution in [3.63, 3.8) is 0 Å². The molecule has 0 unspecified atom stereocenters. The summed E-state index contributed by atoms with van der Waals surface area (Å²) in [7, 11) is 2.00. The molecule has 0 radical (unpaired) electrons. The fourth-order valence-corrected chi connectivity index (χ4v) is 2.46. The molecule has 1 aliphatic rings. The van der Waals surface area contributed by atoms with Crippen molar-refractivity contribution in [2.75, 3.05) is 0 Å². The normalized spacial score (nSPS) is 19.6. The van der Waals surface area contributed by atoms with Crippen LogP contribution in [0, 0.1) is 5.92 Å². The molecule has 1 atom stereocenters. The van der Waals surface area contributed by atoms with Gasteiger partial charge in [0.15, 0.2) is 0 Å². The van der Waals surface area contributed by atoms with Crippen LogP contribution in [0.5, 0.6) is 0 Å². The number of nitrogens with zero attached hydrogens (tertiary/aromatic N) is 2. The average molecular weight is 207 g/mol. The maximum absolute atomic E-state index is 4.17. The SMILES string of the molecule is C[C@@H](NCc1ccnn1C)C1CCCC1. The molecule has 1 N–H and O–H groups in total. The van der Waals surface area contributed by atoms with Crippen molar-refractivity contribution in [3.05, 3.63) is 18.0 Å². The summed E-state index contributed by atoms with van der Waals surface area (Å²) in [6.45, 7) is 3.25. The van der Waals surface area contributed by atoms with E-state index in [1.165, 1.54) is 31.4 Å². The van der Waals surface area contributed by atoms with Gasteiger partial charge in [0, 0.05) is 25.8 Å². The number of rotatable bonds is 4. The summed E-state index contributed by atoms with van der Waals surface area (Å²) in [5, 5.41) is 7.78. The van der Waals surface area contributed by atoms with Gasteiger partial charge in [0.1, 0.15) is 0 Å². The Bertz CT molecular complexity index is 300. The van der Waals surface area contributed by atoms with Gasteiger partial charge in [-0.15, -0.1) is 0 Å². The van der Waals surface area contributed by atoms with Crippen LogP contribution in [0.2, 0.25) is 0 Å². The minimum Gasteiger partial charge on any atom is -0.308 e. The van der Waals surface area contributed by atoms with Crippen LogP contribution < -0.4 is 5.32 Å². The molecule has 0 saturated heterocycles. The second-order valence-electron chi connectivity index (χ2n) is 4.66. The Kier molecular flexibility index (Phi) is 3.41. The molecule has 0 amide bonds. The van der Waals surface area contributed by atoms with E-state index in [1.54, 1.807) is 0 Å². The molecule has 1 saturated carbocycles. The average Bonchev–Trinajstić information content (AvgIpc) is 2.85. The lowest BCUT2D eigenvalue weighted by Gasteiger charge is -2.20. The first-order valence-electron chi connectivity index (χ1n) is 5.97. The van der Waals surface area contributed by atoms with E-state index < -0.39 is 0 Å². The van der Waals surface area contributed by atoms with Gasteiger partial charge in [0.05, 0.1) is 5.69 Å². The highest BCUT2D eigenvalue weighted by Crippen LogP contribution is 2.27. The first-order chi connectivity index (χ1) is 7.27. The molecule has 1 aliphatic carbocycles. The van der Waals surface area contributed by atoms with Crippen LogP contribution in [0.1, 0.15) is 38.3 Å². The van der Waals surface area contributed by atoms with Gasteiger partial charge in [-0.1, -0.05) is 12.8 Å². The Morgan fingerprint density at radius 3 is 2.87 bits per heavy atom. The molecule has 0 aromatic carbocycles. The maximum atomic E-state index is 4.17. The summed E-state index contributed by atoms with van der Waals surface area (Å²) in [5.74, 6) is 0.887. The summed E-state index contributed by atoms with van der Waals surface area (Å²) in [5.41, 5.74) is 1.26. The van der Waals surface area contributed by atoms with E-state index in [0.29, 0.717) is 6.04 Å². The van der Waals surface area contributed by atoms with Crippen LogP contribution in [-0.2, 0) is 13.6 Å². The second kappa shape index (κ2) is 4.79. The molecule has 0 spiro atoms. The van der Waals surface area contributed by atoms with Crippen LogP contribution in [0.3, 0.4) is 0 Å². The highest BCUT2D eigenvalue weighted by atomic mass is 15.3. The summed E-state index contributed by atoms with van der Waals surface area (Å²) < 4.78 is 1.94. The molecular weight excluding hydrogens is 186 g/mol. The van der Waals surface area contributed by atoms with Gasteiger partial charge >= 0.3 is 0 Å². The van der Waals surface area contributed by atoms with E-state index >= 15 is 0 Å². The monoisotopic (exact) mass is 207 g/mol. The minimum atomic E-state index is 0.641. The third kappa shape index (κ3) is 2.59. The lowest BCUT2D eigenvalue weighted by molar-refractivity contribution is 0.376. The molecule has 15 heavy (non-hydrogen) atoms. The van der Waals surface area contributed by atoms with Crippen molar-refractivity contribution in [2.45, 2.75) is 45.2 Å². The molecule has 2 rings (SSSR count). The Morgan fingerprint density at radius 1 is 1.53 bits per heavy atom. The predicted octanol–water partition coefficient (Wildman–Crippen LogP) is 2.09. The van der Waals surface area contributed by atoms with Gasteiger partial charge in [0.2, 0.25) is 0 Å². The molecular formula is C12H21N3. The topological polar surface area (TPSA) is 29.9 Å². The predicted molar refractivity (Wildman–Crippen MR) is 61.5 cm³/mol. The van der Waals surface area contributed by atoms with Crippen molar-refractivity contribution >= 4 is 0 Å². The maximum Gasteiger partial charge on any atom is 0.0518 e. The molecule has 0 bridgehead atoms. The number of hydrogen-bond acceptors (Lipinski definition) is 2. The minimum absolute atomic E-state index is 0.641. The first kappa shape index (κ1) is 10.7. The zero-order valence-corrected chi connectivity index (χ0v) is 9.74. The fourth-order valence-electron chi connectivity index (χ4n) is 2.46. The fraction of sp³-hybridized carbons (Fsp3) is 0.750. The van der Waals surface area contributed by atoms with E-state index in [4.69, 9.17) is 0 Å². The summed E-state index contributed by atoms with van der Waals surface area (Å²) in [6.07, 6.45) is 7.50. The number of hydrogen-bond donors (Lipinski definition) is 1. The Morgan fingerprint density at radius 2 is 2.27 bits per heavy atom. The van der Waals surface area contributed by atoms with Gasteiger partial charge < -0.3 is 5.32 Å². The number of nitrogens with one attached hydrogen (secondary N) is 1. The van der Waals surface area contributed by atoms with Crippen molar-refractivity contribution in [2.24, 2.45) is 13.0 Å². The third-order valence-corrected chi connectivity index (χ3v) is 3.63. The summed E-state index contributed by atoms with van der Waals surface area (Å²) in [4.78, 5) is 0. The third-order valence-electron chi connectivity index (χ3n) is 3.63. The van der Waals surface area contributed by atoms with Crippen molar-refractivity contribution in [1.29, 1.82) is 0 Å². The summed E-state index contributed by atoms with van der Waals surface area (Å²) in [6, 6.07) is 2.72. The zero-order valence-electron chi connectivity index (χ0n) is 9.74. The van der Waals surface area contributed by atoms with Crippen LogP contribution in [0.15, 0.2) is 12.3 Å². The molecule has 1 aromatic rings. The van der Waals surface area contributed by atoms with Gasteiger partial charge in [-0.25, -0.2) is 0 Å². The Labute approximate surface area is 91.9 Å². The van der Waals surface area contributed by atoms with E-state index in [-0.39, 0.29) is 0 Å². The van der Waals surface area contributed by atoms with Gasteiger partial charge in [-0.05, 0) is 31.7 Å². The second-order valence-corrected chi connectivity index (χ2v) is 4.66. The quantitative estimate of drug-likeness (QED) is 0.819. The largest absolute Gasteiger partial charge is 0.308 e. The van der Waals surface area contributed by atoms with Gasteiger partial charge in [-0.3, -0.25) is 4.68 Å². The number of aryl methyl sites for hydroxylation is 1. The Hall–Kier alpha value is -0.830. The first-order valence-corrected chi connectivity index (χ1v) is 5.97. The summed E-state index contributed by atoms with van der Waals surface area (Å²) >= 11 is 0. The molecule has 3 heteroatoms. The lowest BCUT2D eigenvalue weighted by Crippen LogP contribution is -2.32. The molecule has 3 nitrogen and oxygen atoms in total. The van der Waals surface area contributed by atoms with E-state index in [0.717, 1.165) is 12.5 Å². The highest BCUT2D eigenvalue weighted by Gasteiger charge is 2.20. The van der Waals surface area contributed by atoms with Gasteiger partial charge in [0.25, 0.3) is 0 Å². The molecule has 1 heterocycles. The molecule has 1 aromatic heterocycles. The van der Waals surface area contributed by atoms with Crippen LogP contribution >= 0.6 is 0 Å². The van der Waals surface area contributed by atoms with E-state index in [9.17, 15) is 0 Å². The van der Waals surface area contributed by atoms with Crippen molar-refractivity contribution in [3.8, 4) is 0 Å². The van der Waals surface area contributed by atoms with Crippen molar-refractivity contribution < 1.29 is 0 Å². The molecule has 1 fully saturated rings. The Balaban J connectivity index is 1.80. The number of aromatic nitrogens is 2. The molecule has 84 valence electrons.